The highest BCUT2D eigenvalue weighted by Crippen LogP contribution is 2.25. The SMILES string of the molecule is COc1ccc(-c2oc(=S)[nH]c2C)cc1. The molecular weight excluding hydrogens is 210 g/mol. The summed E-state index contributed by atoms with van der Waals surface area (Å²) in [4.78, 5) is 3.35. The largest absolute Gasteiger partial charge is 0.497 e. The van der Waals surface area contributed by atoms with Crippen molar-refractivity contribution < 1.29 is 9.15 Å². The van der Waals surface area contributed by atoms with Crippen LogP contribution in [0.1, 0.15) is 5.69 Å². The van der Waals surface area contributed by atoms with Crippen molar-refractivity contribution >= 4 is 12.2 Å². The van der Waals surface area contributed by atoms with Crippen molar-refractivity contribution in [2.24, 2.45) is 0 Å². The zero-order valence-electron chi connectivity index (χ0n) is 8.53. The van der Waals surface area contributed by atoms with Crippen LogP contribution in [-0.4, -0.2) is 12.1 Å². The van der Waals surface area contributed by atoms with Crippen LogP contribution < -0.4 is 4.74 Å². The van der Waals surface area contributed by atoms with Crippen molar-refractivity contribution in [3.8, 4) is 17.1 Å². The molecule has 2 aromatic rings. The predicted octanol–water partition coefficient (Wildman–Crippen LogP) is 3.32. The second-order valence-electron chi connectivity index (χ2n) is 3.20. The van der Waals surface area contributed by atoms with Gasteiger partial charge < -0.3 is 14.1 Å². The lowest BCUT2D eigenvalue weighted by molar-refractivity contribution is 0.415. The van der Waals surface area contributed by atoms with Gasteiger partial charge in [0.1, 0.15) is 5.75 Å². The molecule has 3 nitrogen and oxygen atoms in total. The molecule has 1 heterocycles. The van der Waals surface area contributed by atoms with E-state index in [1.807, 2.05) is 31.2 Å². The molecule has 1 N–H and O–H groups in total. The zero-order valence-corrected chi connectivity index (χ0v) is 9.35. The quantitative estimate of drug-likeness (QED) is 0.790. The summed E-state index contributed by atoms with van der Waals surface area (Å²) in [6, 6.07) is 7.65. The van der Waals surface area contributed by atoms with E-state index >= 15 is 0 Å². The average Bonchev–Trinajstić information content (AvgIpc) is 2.58. The number of ether oxygens (including phenoxy) is 1. The first-order valence-electron chi connectivity index (χ1n) is 4.55. The van der Waals surface area contributed by atoms with Crippen molar-refractivity contribution in [2.75, 3.05) is 7.11 Å². The van der Waals surface area contributed by atoms with Gasteiger partial charge in [0.2, 0.25) is 0 Å². The molecule has 0 saturated carbocycles. The maximum Gasteiger partial charge on any atom is 0.266 e. The van der Waals surface area contributed by atoms with Crippen LogP contribution in [0, 0.1) is 11.8 Å². The fraction of sp³-hybridized carbons (Fsp3) is 0.182. The van der Waals surface area contributed by atoms with Gasteiger partial charge in [-0.3, -0.25) is 0 Å². The number of rotatable bonds is 2. The number of hydrogen-bond acceptors (Lipinski definition) is 3. The third kappa shape index (κ3) is 1.94. The third-order valence-corrected chi connectivity index (χ3v) is 2.36. The fourth-order valence-corrected chi connectivity index (χ4v) is 1.66. The summed E-state index contributed by atoms with van der Waals surface area (Å²) < 4.78 is 10.5. The van der Waals surface area contributed by atoms with Crippen molar-refractivity contribution in [1.82, 2.24) is 4.98 Å². The van der Waals surface area contributed by atoms with Crippen molar-refractivity contribution in [1.29, 1.82) is 0 Å². The Balaban J connectivity index is 2.45. The van der Waals surface area contributed by atoms with Crippen LogP contribution in [0.5, 0.6) is 5.75 Å². The van der Waals surface area contributed by atoms with Crippen molar-refractivity contribution in [3.05, 3.63) is 34.8 Å². The summed E-state index contributed by atoms with van der Waals surface area (Å²) in [5.41, 5.74) is 1.92. The van der Waals surface area contributed by atoms with Gasteiger partial charge in [0.25, 0.3) is 4.84 Å². The van der Waals surface area contributed by atoms with Crippen molar-refractivity contribution in [3.63, 3.8) is 0 Å². The van der Waals surface area contributed by atoms with Gasteiger partial charge in [-0.2, -0.15) is 0 Å². The maximum atomic E-state index is 5.39. The number of aromatic amines is 1. The summed E-state index contributed by atoms with van der Waals surface area (Å²) in [5, 5.41) is 0. The molecule has 0 aliphatic heterocycles. The van der Waals surface area contributed by atoms with Gasteiger partial charge in [0, 0.05) is 5.56 Å². The second kappa shape index (κ2) is 3.90. The monoisotopic (exact) mass is 221 g/mol. The molecule has 0 unspecified atom stereocenters. The first-order valence-corrected chi connectivity index (χ1v) is 4.95. The van der Waals surface area contributed by atoms with E-state index < -0.39 is 0 Å². The first-order chi connectivity index (χ1) is 7.20. The number of hydrogen-bond donors (Lipinski definition) is 1. The normalized spacial score (nSPS) is 10.3. The van der Waals surface area contributed by atoms with Gasteiger partial charge in [-0.15, -0.1) is 0 Å². The Hall–Kier alpha value is -1.55. The number of benzene rings is 1. The summed E-state index contributed by atoms with van der Waals surface area (Å²) in [6.45, 7) is 1.93. The lowest BCUT2D eigenvalue weighted by Crippen LogP contribution is -1.83. The highest BCUT2D eigenvalue weighted by molar-refractivity contribution is 7.71. The van der Waals surface area contributed by atoms with E-state index in [1.54, 1.807) is 7.11 Å². The van der Waals surface area contributed by atoms with Crippen molar-refractivity contribution in [2.45, 2.75) is 6.92 Å². The molecule has 0 bridgehead atoms. The van der Waals surface area contributed by atoms with Gasteiger partial charge >= 0.3 is 0 Å². The molecule has 15 heavy (non-hydrogen) atoms. The molecule has 1 aromatic heterocycles. The van der Waals surface area contributed by atoms with Gasteiger partial charge in [-0.05, 0) is 43.4 Å². The number of aromatic nitrogens is 1. The predicted molar refractivity (Wildman–Crippen MR) is 60.6 cm³/mol. The molecule has 0 spiro atoms. The second-order valence-corrected chi connectivity index (χ2v) is 3.57. The highest BCUT2D eigenvalue weighted by atomic mass is 32.1. The molecule has 0 saturated heterocycles. The molecule has 0 radical (unpaired) electrons. The van der Waals surface area contributed by atoms with Crippen LogP contribution in [0.25, 0.3) is 11.3 Å². The topological polar surface area (TPSA) is 38.2 Å². The lowest BCUT2D eigenvalue weighted by Gasteiger charge is -2.00. The Morgan fingerprint density at radius 3 is 2.40 bits per heavy atom. The van der Waals surface area contributed by atoms with Gasteiger partial charge in [-0.25, -0.2) is 0 Å². The molecule has 0 amide bonds. The Morgan fingerprint density at radius 2 is 1.93 bits per heavy atom. The van der Waals surface area contributed by atoms with E-state index in [-0.39, 0.29) is 0 Å². The first kappa shape index (κ1) is 9.98. The smallest absolute Gasteiger partial charge is 0.266 e. The molecule has 0 aliphatic carbocycles. The Bertz CT molecular complexity index is 510. The number of oxazole rings is 1. The highest BCUT2D eigenvalue weighted by Gasteiger charge is 2.06. The van der Waals surface area contributed by atoms with Crippen LogP contribution in [0.15, 0.2) is 28.7 Å². The van der Waals surface area contributed by atoms with Gasteiger partial charge in [0.15, 0.2) is 5.76 Å². The summed E-state index contributed by atoms with van der Waals surface area (Å²) >= 11 is 4.92. The van der Waals surface area contributed by atoms with Crippen LogP contribution >= 0.6 is 12.2 Å². The lowest BCUT2D eigenvalue weighted by atomic mass is 10.1. The van der Waals surface area contributed by atoms with E-state index in [0.717, 1.165) is 22.8 Å². The van der Waals surface area contributed by atoms with E-state index in [2.05, 4.69) is 4.98 Å². The summed E-state index contributed by atoms with van der Waals surface area (Å²) in [7, 11) is 1.64. The van der Waals surface area contributed by atoms with Crippen LogP contribution in [-0.2, 0) is 0 Å². The molecular formula is C11H11NO2S. The molecule has 0 aliphatic rings. The summed E-state index contributed by atoms with van der Waals surface area (Å²) in [6.07, 6.45) is 0. The maximum absolute atomic E-state index is 5.39. The number of H-pyrrole nitrogens is 1. The molecule has 2 rings (SSSR count). The average molecular weight is 221 g/mol. The van der Waals surface area contributed by atoms with E-state index in [1.165, 1.54) is 0 Å². The zero-order chi connectivity index (χ0) is 10.8. The Kier molecular flexibility index (Phi) is 2.60. The molecule has 78 valence electrons. The fourth-order valence-electron chi connectivity index (χ4n) is 1.42. The van der Waals surface area contributed by atoms with Crippen LogP contribution in [0.2, 0.25) is 0 Å². The van der Waals surface area contributed by atoms with E-state index in [4.69, 9.17) is 21.4 Å². The van der Waals surface area contributed by atoms with E-state index in [0.29, 0.717) is 4.84 Å². The minimum atomic E-state index is 0.401. The number of nitrogens with one attached hydrogen (secondary N) is 1. The summed E-state index contributed by atoms with van der Waals surface area (Å²) in [5.74, 6) is 1.60. The number of aryl methyl sites for hydroxylation is 1. The van der Waals surface area contributed by atoms with Crippen LogP contribution in [0.3, 0.4) is 0 Å². The molecule has 0 atom stereocenters. The van der Waals surface area contributed by atoms with Gasteiger partial charge in [-0.1, -0.05) is 0 Å². The standard InChI is InChI=1S/C11H11NO2S/c1-7-10(14-11(15)12-7)8-3-5-9(13-2)6-4-8/h3-6H,1-2H3,(H,12,15). The van der Waals surface area contributed by atoms with Crippen LogP contribution in [0.4, 0.5) is 0 Å². The minimum absolute atomic E-state index is 0.401. The van der Waals surface area contributed by atoms with Gasteiger partial charge in [0.05, 0.1) is 12.8 Å². The third-order valence-electron chi connectivity index (χ3n) is 2.18. The van der Waals surface area contributed by atoms with E-state index in [9.17, 15) is 0 Å². The number of methoxy groups -OCH3 is 1. The molecule has 4 heteroatoms. The molecule has 1 aromatic carbocycles. The Morgan fingerprint density at radius 1 is 1.27 bits per heavy atom. The Labute approximate surface area is 92.7 Å². The minimum Gasteiger partial charge on any atom is -0.497 e. The molecule has 0 fully saturated rings.